The highest BCUT2D eigenvalue weighted by atomic mass is 127. The molecule has 0 fully saturated rings. The molecule has 0 atom stereocenters. The van der Waals surface area contributed by atoms with Gasteiger partial charge in [0.2, 0.25) is 0 Å². The number of halogens is 1. The number of rotatable bonds is 5. The summed E-state index contributed by atoms with van der Waals surface area (Å²) in [4.78, 5) is 4.21. The molecule has 0 amide bonds. The monoisotopic (exact) mass is 403 g/mol. The van der Waals surface area contributed by atoms with Crippen LogP contribution in [0.4, 0.5) is 5.69 Å². The number of methoxy groups -OCH3 is 2. The Morgan fingerprint density at radius 2 is 2.14 bits per heavy atom. The van der Waals surface area contributed by atoms with Gasteiger partial charge in [0.1, 0.15) is 11.5 Å². The third-order valence-corrected chi connectivity index (χ3v) is 2.65. The fourth-order valence-electron chi connectivity index (χ4n) is 1.63. The molecule has 0 aliphatic heterocycles. The van der Waals surface area contributed by atoms with Crippen molar-refractivity contribution in [1.29, 1.82) is 0 Å². The standard InChI is InChI=1S/C13H17N5O2.HI/c1-19-10-3-4-12(20-2)11(7-10)17-13(14)15-8-9-5-6-16-18-9;/h3-7H,8H2,1-2H3,(H,16,18)(H3,14,15,17);1H. The van der Waals surface area contributed by atoms with E-state index in [1.54, 1.807) is 32.5 Å². The average molecular weight is 403 g/mol. The number of nitrogens with one attached hydrogen (secondary N) is 2. The van der Waals surface area contributed by atoms with Gasteiger partial charge in [-0.15, -0.1) is 24.0 Å². The van der Waals surface area contributed by atoms with E-state index in [1.165, 1.54) is 0 Å². The number of nitrogens with two attached hydrogens (primary N) is 1. The van der Waals surface area contributed by atoms with Crippen LogP contribution in [0.1, 0.15) is 5.69 Å². The molecule has 1 aromatic heterocycles. The number of nitrogens with zero attached hydrogens (tertiary/aromatic N) is 2. The van der Waals surface area contributed by atoms with Gasteiger partial charge in [0.05, 0.1) is 32.1 Å². The maximum atomic E-state index is 5.85. The molecule has 0 radical (unpaired) electrons. The normalized spacial score (nSPS) is 10.7. The predicted molar refractivity (Wildman–Crippen MR) is 92.5 cm³/mol. The van der Waals surface area contributed by atoms with Crippen LogP contribution in [0, 0.1) is 0 Å². The molecule has 0 bridgehead atoms. The Hall–Kier alpha value is -1.97. The number of hydrogen-bond acceptors (Lipinski definition) is 4. The zero-order valence-electron chi connectivity index (χ0n) is 11.8. The summed E-state index contributed by atoms with van der Waals surface area (Å²) in [6.07, 6.45) is 1.67. The fraction of sp³-hybridized carbons (Fsp3) is 0.231. The number of ether oxygens (including phenoxy) is 2. The molecule has 0 saturated heterocycles. The van der Waals surface area contributed by atoms with Gasteiger partial charge in [-0.1, -0.05) is 0 Å². The van der Waals surface area contributed by atoms with Gasteiger partial charge in [0.15, 0.2) is 5.96 Å². The molecule has 4 N–H and O–H groups in total. The Labute approximate surface area is 140 Å². The maximum absolute atomic E-state index is 5.85. The zero-order chi connectivity index (χ0) is 14.4. The molecule has 7 nitrogen and oxygen atoms in total. The van der Waals surface area contributed by atoms with Crippen molar-refractivity contribution < 1.29 is 9.47 Å². The number of benzene rings is 1. The smallest absolute Gasteiger partial charge is 0.193 e. The van der Waals surface area contributed by atoms with E-state index < -0.39 is 0 Å². The molecule has 0 aliphatic rings. The maximum Gasteiger partial charge on any atom is 0.193 e. The van der Waals surface area contributed by atoms with E-state index in [0.717, 1.165) is 5.69 Å². The number of guanidine groups is 1. The first-order valence-corrected chi connectivity index (χ1v) is 6.00. The molecule has 114 valence electrons. The molecule has 1 heterocycles. The SMILES string of the molecule is COc1ccc(OC)c(NC(N)=NCc2ccn[nH]2)c1.I. The summed E-state index contributed by atoms with van der Waals surface area (Å²) in [6.45, 7) is 0.422. The van der Waals surface area contributed by atoms with E-state index in [1.807, 2.05) is 12.1 Å². The largest absolute Gasteiger partial charge is 0.497 e. The second kappa shape index (κ2) is 8.35. The van der Waals surface area contributed by atoms with Crippen LogP contribution >= 0.6 is 24.0 Å². The van der Waals surface area contributed by atoms with Crippen molar-refractivity contribution in [3.63, 3.8) is 0 Å². The lowest BCUT2D eigenvalue weighted by Gasteiger charge is -2.12. The van der Waals surface area contributed by atoms with Gasteiger partial charge in [0, 0.05) is 12.3 Å². The number of aliphatic imine (C=N–C) groups is 1. The molecule has 21 heavy (non-hydrogen) atoms. The highest BCUT2D eigenvalue weighted by Gasteiger charge is 2.06. The van der Waals surface area contributed by atoms with Crippen molar-refractivity contribution in [3.05, 3.63) is 36.2 Å². The Morgan fingerprint density at radius 3 is 2.76 bits per heavy atom. The summed E-state index contributed by atoms with van der Waals surface area (Å²) in [5, 5.41) is 9.64. The van der Waals surface area contributed by atoms with E-state index in [-0.39, 0.29) is 29.9 Å². The third-order valence-electron chi connectivity index (χ3n) is 2.65. The van der Waals surface area contributed by atoms with E-state index in [0.29, 0.717) is 23.7 Å². The highest BCUT2D eigenvalue weighted by Crippen LogP contribution is 2.28. The van der Waals surface area contributed by atoms with E-state index in [9.17, 15) is 0 Å². The Bertz CT molecular complexity index is 586. The molecule has 1 aromatic carbocycles. The number of anilines is 1. The Balaban J connectivity index is 0.00000220. The van der Waals surface area contributed by atoms with E-state index in [4.69, 9.17) is 15.2 Å². The van der Waals surface area contributed by atoms with Crippen molar-refractivity contribution in [2.75, 3.05) is 19.5 Å². The van der Waals surface area contributed by atoms with Crippen LogP contribution in [0.15, 0.2) is 35.5 Å². The van der Waals surface area contributed by atoms with Crippen molar-refractivity contribution in [2.24, 2.45) is 10.7 Å². The molecule has 0 aliphatic carbocycles. The number of aromatic nitrogens is 2. The van der Waals surface area contributed by atoms with Crippen molar-refractivity contribution in [3.8, 4) is 11.5 Å². The highest BCUT2D eigenvalue weighted by molar-refractivity contribution is 14.0. The first-order chi connectivity index (χ1) is 9.72. The van der Waals surface area contributed by atoms with Gasteiger partial charge in [-0.05, 0) is 18.2 Å². The van der Waals surface area contributed by atoms with Crippen molar-refractivity contribution in [1.82, 2.24) is 10.2 Å². The third kappa shape index (κ3) is 4.81. The Kier molecular flexibility index (Phi) is 6.79. The minimum atomic E-state index is 0. The second-order valence-corrected chi connectivity index (χ2v) is 3.97. The van der Waals surface area contributed by atoms with Crippen LogP contribution in [0.25, 0.3) is 0 Å². The summed E-state index contributed by atoms with van der Waals surface area (Å²) in [5.41, 5.74) is 7.42. The van der Waals surface area contributed by atoms with E-state index >= 15 is 0 Å². The van der Waals surface area contributed by atoms with Crippen LogP contribution in [0.5, 0.6) is 11.5 Å². The lowest BCUT2D eigenvalue weighted by Crippen LogP contribution is -2.23. The van der Waals surface area contributed by atoms with Gasteiger partial charge >= 0.3 is 0 Å². The number of H-pyrrole nitrogens is 1. The van der Waals surface area contributed by atoms with E-state index in [2.05, 4.69) is 20.5 Å². The van der Waals surface area contributed by atoms with Gasteiger partial charge in [-0.2, -0.15) is 5.10 Å². The molecule has 0 saturated carbocycles. The lowest BCUT2D eigenvalue weighted by molar-refractivity contribution is 0.405. The van der Waals surface area contributed by atoms with Crippen LogP contribution in [0.2, 0.25) is 0 Å². The number of hydrogen-bond donors (Lipinski definition) is 3. The lowest BCUT2D eigenvalue weighted by atomic mass is 10.2. The first kappa shape index (κ1) is 17.1. The minimum absolute atomic E-state index is 0. The molecule has 2 aromatic rings. The molecule has 0 unspecified atom stereocenters. The molecule has 8 heteroatoms. The average Bonchev–Trinajstić information content (AvgIpc) is 2.98. The molecule has 0 spiro atoms. The Morgan fingerprint density at radius 1 is 1.33 bits per heavy atom. The van der Waals surface area contributed by atoms with Crippen LogP contribution in [-0.2, 0) is 6.54 Å². The summed E-state index contributed by atoms with van der Waals surface area (Å²) in [6, 6.07) is 7.23. The molecular weight excluding hydrogens is 385 g/mol. The second-order valence-electron chi connectivity index (χ2n) is 3.97. The van der Waals surface area contributed by atoms with Crippen LogP contribution in [0.3, 0.4) is 0 Å². The van der Waals surface area contributed by atoms with Gasteiger partial charge in [-0.3, -0.25) is 5.10 Å². The minimum Gasteiger partial charge on any atom is -0.497 e. The summed E-state index contributed by atoms with van der Waals surface area (Å²) in [5.74, 6) is 1.64. The van der Waals surface area contributed by atoms with Gasteiger partial charge in [0.25, 0.3) is 0 Å². The fourth-order valence-corrected chi connectivity index (χ4v) is 1.63. The molecule has 2 rings (SSSR count). The summed E-state index contributed by atoms with van der Waals surface area (Å²) in [7, 11) is 3.19. The van der Waals surface area contributed by atoms with Crippen LogP contribution in [-0.4, -0.2) is 30.4 Å². The van der Waals surface area contributed by atoms with Crippen molar-refractivity contribution in [2.45, 2.75) is 6.54 Å². The predicted octanol–water partition coefficient (Wildman–Crippen LogP) is 1.97. The summed E-state index contributed by atoms with van der Waals surface area (Å²) >= 11 is 0. The van der Waals surface area contributed by atoms with Crippen molar-refractivity contribution >= 4 is 35.6 Å². The number of aromatic amines is 1. The van der Waals surface area contributed by atoms with Gasteiger partial charge in [-0.25, -0.2) is 4.99 Å². The quantitative estimate of drug-likeness (QED) is 0.403. The summed E-state index contributed by atoms with van der Waals surface area (Å²) < 4.78 is 10.4. The topological polar surface area (TPSA) is 97.6 Å². The zero-order valence-corrected chi connectivity index (χ0v) is 14.1. The first-order valence-electron chi connectivity index (χ1n) is 6.00. The van der Waals surface area contributed by atoms with Gasteiger partial charge < -0.3 is 20.5 Å². The molecular formula is C13H18IN5O2. The van der Waals surface area contributed by atoms with Crippen LogP contribution < -0.4 is 20.5 Å².